The highest BCUT2D eigenvalue weighted by molar-refractivity contribution is 6.31. The maximum atomic E-state index is 14.4. The van der Waals surface area contributed by atoms with Gasteiger partial charge in [-0.3, -0.25) is 4.79 Å². The Hall–Kier alpha value is -3.69. The fraction of sp³-hybridized carbons (Fsp3) is 0.314. The second-order valence-electron chi connectivity index (χ2n) is 12.1. The monoisotopic (exact) mass is 646 g/mol. The molecule has 0 spiro atoms. The summed E-state index contributed by atoms with van der Waals surface area (Å²) >= 11 is 12.6. The van der Waals surface area contributed by atoms with Gasteiger partial charge in [0.25, 0.3) is 5.91 Å². The van der Waals surface area contributed by atoms with Crippen LogP contribution in [0.4, 0.5) is 4.39 Å². The van der Waals surface area contributed by atoms with Crippen molar-refractivity contribution in [3.63, 3.8) is 0 Å². The number of amides is 1. The molecule has 3 heterocycles. The van der Waals surface area contributed by atoms with E-state index in [9.17, 15) is 9.18 Å². The number of fused-ring (bicyclic) bond motifs is 1. The number of aromatic nitrogens is 3. The van der Waals surface area contributed by atoms with Gasteiger partial charge < -0.3 is 19.7 Å². The molecule has 1 N–H and O–H groups in total. The fourth-order valence-corrected chi connectivity index (χ4v) is 6.52. The number of carbonyl (C=O) groups is 1. The SMILES string of the molecule is CN(C)CCCN(C)C1CCN(C(=O)c2[nH]c3cc(Cl)ccc3c2-c2c(Cc3ccc(Cl)cc3)cnn2-c2ccc(F)cc2)C1. The Bertz CT molecular complexity index is 1800. The third kappa shape index (κ3) is 6.79. The Labute approximate surface area is 273 Å². The number of likely N-dealkylation sites (tertiary alicyclic amines) is 1. The second-order valence-corrected chi connectivity index (χ2v) is 13.0. The highest BCUT2D eigenvalue weighted by Crippen LogP contribution is 2.39. The molecule has 3 aromatic carbocycles. The smallest absolute Gasteiger partial charge is 0.271 e. The Balaban J connectivity index is 1.43. The molecule has 1 atom stereocenters. The van der Waals surface area contributed by atoms with Gasteiger partial charge in [-0.1, -0.05) is 41.4 Å². The number of hydrogen-bond donors (Lipinski definition) is 1. The summed E-state index contributed by atoms with van der Waals surface area (Å²) in [5.74, 6) is -0.396. The van der Waals surface area contributed by atoms with Crippen molar-refractivity contribution in [1.29, 1.82) is 0 Å². The zero-order valence-electron chi connectivity index (χ0n) is 25.7. The number of H-pyrrole nitrogens is 1. The summed E-state index contributed by atoms with van der Waals surface area (Å²) in [4.78, 5) is 24.4. The predicted molar refractivity (Wildman–Crippen MR) is 180 cm³/mol. The number of rotatable bonds is 10. The van der Waals surface area contributed by atoms with Gasteiger partial charge in [0.2, 0.25) is 0 Å². The lowest BCUT2D eigenvalue weighted by atomic mass is 9.98. The molecule has 2 aromatic heterocycles. The van der Waals surface area contributed by atoms with E-state index in [1.165, 1.54) is 12.1 Å². The topological polar surface area (TPSA) is 60.4 Å². The van der Waals surface area contributed by atoms with E-state index >= 15 is 0 Å². The van der Waals surface area contributed by atoms with Crippen LogP contribution >= 0.6 is 23.2 Å². The average molecular weight is 648 g/mol. The van der Waals surface area contributed by atoms with E-state index < -0.39 is 0 Å². The van der Waals surface area contributed by atoms with Crippen LogP contribution in [0.5, 0.6) is 0 Å². The first-order valence-corrected chi connectivity index (χ1v) is 16.0. The minimum Gasteiger partial charge on any atom is -0.350 e. The maximum absolute atomic E-state index is 14.4. The number of aromatic amines is 1. The molecule has 45 heavy (non-hydrogen) atoms. The fourth-order valence-electron chi connectivity index (χ4n) is 6.22. The van der Waals surface area contributed by atoms with Gasteiger partial charge in [0.05, 0.1) is 17.6 Å². The molecule has 0 bridgehead atoms. The van der Waals surface area contributed by atoms with Gasteiger partial charge in [-0.05, 0) is 101 Å². The Kier molecular flexibility index (Phi) is 9.28. The maximum Gasteiger partial charge on any atom is 0.271 e. The summed E-state index contributed by atoms with van der Waals surface area (Å²) in [6.07, 6.45) is 4.38. The van der Waals surface area contributed by atoms with Gasteiger partial charge in [0.1, 0.15) is 11.5 Å². The highest BCUT2D eigenvalue weighted by atomic mass is 35.5. The van der Waals surface area contributed by atoms with Crippen LogP contribution in [0, 0.1) is 5.82 Å². The van der Waals surface area contributed by atoms with Crippen molar-refractivity contribution in [2.24, 2.45) is 0 Å². The Morgan fingerprint density at radius 3 is 2.47 bits per heavy atom. The van der Waals surface area contributed by atoms with E-state index in [2.05, 4.69) is 35.9 Å². The number of halogens is 3. The largest absolute Gasteiger partial charge is 0.350 e. The minimum atomic E-state index is -0.332. The average Bonchev–Trinajstić information content (AvgIpc) is 3.75. The lowest BCUT2D eigenvalue weighted by Gasteiger charge is -2.25. The molecule has 7 nitrogen and oxygen atoms in total. The van der Waals surface area contributed by atoms with Gasteiger partial charge >= 0.3 is 0 Å². The molecule has 1 saturated heterocycles. The molecule has 1 aliphatic rings. The van der Waals surface area contributed by atoms with E-state index in [1.54, 1.807) is 16.8 Å². The first-order chi connectivity index (χ1) is 21.7. The van der Waals surface area contributed by atoms with E-state index in [0.717, 1.165) is 59.2 Å². The van der Waals surface area contributed by atoms with Gasteiger partial charge in [0, 0.05) is 57.6 Å². The number of carbonyl (C=O) groups excluding carboxylic acids is 1. The molecule has 0 radical (unpaired) electrons. The molecule has 1 fully saturated rings. The third-order valence-electron chi connectivity index (χ3n) is 8.63. The molecule has 0 aliphatic carbocycles. The van der Waals surface area contributed by atoms with Crippen LogP contribution in [0.3, 0.4) is 0 Å². The summed E-state index contributed by atoms with van der Waals surface area (Å²) in [7, 11) is 6.32. The lowest BCUT2D eigenvalue weighted by Crippen LogP contribution is -2.37. The van der Waals surface area contributed by atoms with E-state index in [-0.39, 0.29) is 11.7 Å². The van der Waals surface area contributed by atoms with Crippen LogP contribution in [0.1, 0.15) is 34.5 Å². The molecule has 1 unspecified atom stereocenters. The zero-order valence-corrected chi connectivity index (χ0v) is 27.2. The van der Waals surface area contributed by atoms with Gasteiger partial charge in [0.15, 0.2) is 0 Å². The molecule has 6 rings (SSSR count). The summed E-state index contributed by atoms with van der Waals surface area (Å²) in [6, 6.07) is 19.9. The van der Waals surface area contributed by atoms with Crippen molar-refractivity contribution in [2.75, 3.05) is 47.3 Å². The Morgan fingerprint density at radius 2 is 1.73 bits per heavy atom. The predicted octanol–water partition coefficient (Wildman–Crippen LogP) is 7.16. The number of nitrogens with one attached hydrogen (secondary N) is 1. The molecular weight excluding hydrogens is 610 g/mol. The molecule has 234 valence electrons. The van der Waals surface area contributed by atoms with Crippen molar-refractivity contribution in [2.45, 2.75) is 25.3 Å². The lowest BCUT2D eigenvalue weighted by molar-refractivity contribution is 0.0776. The highest BCUT2D eigenvalue weighted by Gasteiger charge is 2.33. The molecule has 10 heteroatoms. The number of nitrogens with zero attached hydrogens (tertiary/aromatic N) is 5. The summed E-state index contributed by atoms with van der Waals surface area (Å²) in [5, 5.41) is 6.87. The van der Waals surface area contributed by atoms with Crippen molar-refractivity contribution >= 4 is 40.0 Å². The number of hydrogen-bond acceptors (Lipinski definition) is 4. The minimum absolute atomic E-state index is 0.0641. The summed E-state index contributed by atoms with van der Waals surface area (Å²) < 4.78 is 15.8. The van der Waals surface area contributed by atoms with Gasteiger partial charge in [-0.2, -0.15) is 5.10 Å². The van der Waals surface area contributed by atoms with Crippen molar-refractivity contribution < 1.29 is 9.18 Å². The molecule has 1 amide bonds. The number of likely N-dealkylation sites (N-methyl/N-ethyl adjacent to an activating group) is 1. The summed E-state index contributed by atoms with van der Waals surface area (Å²) in [5.41, 5.74) is 5.44. The summed E-state index contributed by atoms with van der Waals surface area (Å²) in [6.45, 7) is 3.33. The number of benzene rings is 3. The van der Waals surface area contributed by atoms with Crippen LogP contribution in [-0.4, -0.2) is 88.7 Å². The van der Waals surface area contributed by atoms with Crippen LogP contribution in [0.2, 0.25) is 10.0 Å². The van der Waals surface area contributed by atoms with Crippen molar-refractivity contribution in [3.8, 4) is 16.9 Å². The van der Waals surface area contributed by atoms with E-state index in [0.29, 0.717) is 47.0 Å². The first-order valence-electron chi connectivity index (χ1n) is 15.2. The van der Waals surface area contributed by atoms with Crippen LogP contribution in [-0.2, 0) is 6.42 Å². The van der Waals surface area contributed by atoms with Crippen molar-refractivity contribution in [3.05, 3.63) is 106 Å². The van der Waals surface area contributed by atoms with Crippen molar-refractivity contribution in [1.82, 2.24) is 29.5 Å². The van der Waals surface area contributed by atoms with E-state index in [1.807, 2.05) is 53.6 Å². The Morgan fingerprint density at radius 1 is 1.00 bits per heavy atom. The molecule has 0 saturated carbocycles. The quantitative estimate of drug-likeness (QED) is 0.175. The van der Waals surface area contributed by atoms with Crippen LogP contribution in [0.15, 0.2) is 72.9 Å². The van der Waals surface area contributed by atoms with Gasteiger partial charge in [-0.25, -0.2) is 9.07 Å². The first kappa shape index (κ1) is 31.3. The molecule has 5 aromatic rings. The van der Waals surface area contributed by atoms with Crippen LogP contribution in [0.25, 0.3) is 27.8 Å². The molecule has 1 aliphatic heterocycles. The zero-order chi connectivity index (χ0) is 31.7. The third-order valence-corrected chi connectivity index (χ3v) is 9.11. The normalized spacial score (nSPS) is 15.2. The molecular formula is C35H37Cl2FN6O. The second kappa shape index (κ2) is 13.3. The van der Waals surface area contributed by atoms with Crippen LogP contribution < -0.4 is 0 Å². The van der Waals surface area contributed by atoms with Gasteiger partial charge in [-0.15, -0.1) is 0 Å². The van der Waals surface area contributed by atoms with E-state index in [4.69, 9.17) is 28.3 Å². The standard InChI is InChI=1S/C35H37Cl2FN6O/c1-41(2)16-4-17-42(3)29-15-18-43(22-29)35(45)33-32(30-14-9-26(37)20-31(30)40-33)34-24(19-23-5-7-25(36)8-6-23)21-39-44(34)28-12-10-27(38)11-13-28/h5-14,20-21,29,40H,4,15-19,22H2,1-3H3.